The SMILES string of the molecule is COc1cc(C)ccc1Oc1ccc(C(=N)N)cc1F. The third-order valence-electron chi connectivity index (χ3n) is 2.78. The van der Waals surface area contributed by atoms with Gasteiger partial charge in [0.15, 0.2) is 23.1 Å². The molecule has 2 rings (SSSR count). The number of rotatable bonds is 4. The van der Waals surface area contributed by atoms with E-state index in [1.54, 1.807) is 12.1 Å². The molecular weight excluding hydrogens is 259 g/mol. The molecule has 4 nitrogen and oxygen atoms in total. The highest BCUT2D eigenvalue weighted by molar-refractivity contribution is 5.95. The number of hydrogen-bond donors (Lipinski definition) is 2. The summed E-state index contributed by atoms with van der Waals surface area (Å²) in [7, 11) is 1.52. The van der Waals surface area contributed by atoms with Gasteiger partial charge in [-0.15, -0.1) is 0 Å². The van der Waals surface area contributed by atoms with E-state index in [1.807, 2.05) is 13.0 Å². The van der Waals surface area contributed by atoms with Gasteiger partial charge in [0.1, 0.15) is 5.84 Å². The molecule has 0 heterocycles. The molecule has 0 saturated carbocycles. The topological polar surface area (TPSA) is 68.3 Å². The Morgan fingerprint density at radius 1 is 1.10 bits per heavy atom. The van der Waals surface area contributed by atoms with Crippen molar-refractivity contribution in [1.29, 1.82) is 5.41 Å². The van der Waals surface area contributed by atoms with Crippen LogP contribution in [0.5, 0.6) is 17.2 Å². The number of halogens is 1. The van der Waals surface area contributed by atoms with Crippen molar-refractivity contribution >= 4 is 5.84 Å². The first-order valence-corrected chi connectivity index (χ1v) is 5.97. The second-order valence-electron chi connectivity index (χ2n) is 4.32. The van der Waals surface area contributed by atoms with Crippen molar-refractivity contribution in [2.24, 2.45) is 5.73 Å². The second kappa shape index (κ2) is 5.61. The minimum atomic E-state index is -0.583. The Kier molecular flexibility index (Phi) is 3.89. The fourth-order valence-electron chi connectivity index (χ4n) is 1.73. The molecule has 3 N–H and O–H groups in total. The summed E-state index contributed by atoms with van der Waals surface area (Å²) in [5.41, 5.74) is 6.63. The fraction of sp³-hybridized carbons (Fsp3) is 0.133. The lowest BCUT2D eigenvalue weighted by Crippen LogP contribution is -2.11. The van der Waals surface area contributed by atoms with Gasteiger partial charge in [0.05, 0.1) is 7.11 Å². The van der Waals surface area contributed by atoms with E-state index >= 15 is 0 Å². The summed E-state index contributed by atoms with van der Waals surface area (Å²) in [6, 6.07) is 9.49. The van der Waals surface area contributed by atoms with E-state index in [9.17, 15) is 4.39 Å². The van der Waals surface area contributed by atoms with Crippen LogP contribution in [-0.2, 0) is 0 Å². The highest BCUT2D eigenvalue weighted by Crippen LogP contribution is 2.33. The number of benzene rings is 2. The number of ether oxygens (including phenoxy) is 2. The van der Waals surface area contributed by atoms with Gasteiger partial charge in [0, 0.05) is 5.56 Å². The number of hydrogen-bond acceptors (Lipinski definition) is 3. The molecule has 0 radical (unpaired) electrons. The zero-order chi connectivity index (χ0) is 14.7. The third-order valence-corrected chi connectivity index (χ3v) is 2.78. The molecule has 0 aliphatic rings. The average molecular weight is 274 g/mol. The fourth-order valence-corrected chi connectivity index (χ4v) is 1.73. The van der Waals surface area contributed by atoms with Crippen molar-refractivity contribution in [2.45, 2.75) is 6.92 Å². The van der Waals surface area contributed by atoms with Crippen LogP contribution in [-0.4, -0.2) is 12.9 Å². The molecule has 0 fully saturated rings. The highest BCUT2D eigenvalue weighted by Gasteiger charge is 2.11. The summed E-state index contributed by atoms with van der Waals surface area (Å²) in [6.45, 7) is 1.93. The Morgan fingerprint density at radius 3 is 2.40 bits per heavy atom. The standard InChI is InChI=1S/C15H15FN2O2/c1-9-3-5-13(14(7-9)19-2)20-12-6-4-10(15(17)18)8-11(12)16/h3-8H,1-2H3,(H3,17,18). The van der Waals surface area contributed by atoms with Crippen molar-refractivity contribution in [3.8, 4) is 17.2 Å². The Bertz CT molecular complexity index is 656. The summed E-state index contributed by atoms with van der Waals surface area (Å²) in [5, 5.41) is 7.26. The average Bonchev–Trinajstić information content (AvgIpc) is 2.42. The monoisotopic (exact) mass is 274 g/mol. The number of nitrogen functional groups attached to an aromatic ring is 1. The zero-order valence-electron chi connectivity index (χ0n) is 11.2. The van der Waals surface area contributed by atoms with Crippen molar-refractivity contribution in [3.63, 3.8) is 0 Å². The molecule has 0 amide bonds. The van der Waals surface area contributed by atoms with Gasteiger partial charge in [-0.05, 0) is 42.8 Å². The first-order chi connectivity index (χ1) is 9.51. The Hall–Kier alpha value is -2.56. The van der Waals surface area contributed by atoms with Gasteiger partial charge in [0.25, 0.3) is 0 Å². The highest BCUT2D eigenvalue weighted by atomic mass is 19.1. The van der Waals surface area contributed by atoms with Crippen LogP contribution in [0.3, 0.4) is 0 Å². The zero-order valence-corrected chi connectivity index (χ0v) is 11.2. The van der Waals surface area contributed by atoms with Gasteiger partial charge >= 0.3 is 0 Å². The van der Waals surface area contributed by atoms with Gasteiger partial charge in [-0.2, -0.15) is 0 Å². The maximum absolute atomic E-state index is 13.9. The van der Waals surface area contributed by atoms with E-state index in [2.05, 4.69) is 0 Å². The van der Waals surface area contributed by atoms with E-state index in [-0.39, 0.29) is 11.6 Å². The summed E-state index contributed by atoms with van der Waals surface area (Å²) < 4.78 is 24.6. The first-order valence-electron chi connectivity index (χ1n) is 5.97. The predicted molar refractivity (Wildman–Crippen MR) is 75.2 cm³/mol. The summed E-state index contributed by atoms with van der Waals surface area (Å²) in [5.74, 6) is 0.230. The number of nitrogens with two attached hydrogens (primary N) is 1. The molecule has 0 bridgehead atoms. The molecule has 5 heteroatoms. The number of nitrogens with one attached hydrogen (secondary N) is 1. The normalized spacial score (nSPS) is 10.2. The van der Waals surface area contributed by atoms with E-state index in [4.69, 9.17) is 20.6 Å². The maximum atomic E-state index is 13.9. The van der Waals surface area contributed by atoms with E-state index in [0.29, 0.717) is 17.1 Å². The van der Waals surface area contributed by atoms with Gasteiger partial charge in [-0.3, -0.25) is 5.41 Å². The van der Waals surface area contributed by atoms with Crippen molar-refractivity contribution < 1.29 is 13.9 Å². The molecule has 2 aromatic rings. The lowest BCUT2D eigenvalue weighted by Gasteiger charge is -2.12. The molecule has 0 aliphatic heterocycles. The number of methoxy groups -OCH3 is 1. The van der Waals surface area contributed by atoms with E-state index in [1.165, 1.54) is 25.3 Å². The smallest absolute Gasteiger partial charge is 0.169 e. The van der Waals surface area contributed by atoms with Gasteiger partial charge in [-0.25, -0.2) is 4.39 Å². The molecule has 104 valence electrons. The van der Waals surface area contributed by atoms with Gasteiger partial charge in [-0.1, -0.05) is 6.07 Å². The molecular formula is C15H15FN2O2. The molecule has 0 aromatic heterocycles. The quantitative estimate of drug-likeness (QED) is 0.664. The van der Waals surface area contributed by atoms with E-state index < -0.39 is 5.82 Å². The van der Waals surface area contributed by atoms with E-state index in [0.717, 1.165) is 5.56 Å². The second-order valence-corrected chi connectivity index (χ2v) is 4.32. The van der Waals surface area contributed by atoms with Crippen LogP contribution in [0.1, 0.15) is 11.1 Å². The molecule has 2 aromatic carbocycles. The molecule has 0 aliphatic carbocycles. The summed E-state index contributed by atoms with van der Waals surface area (Å²) >= 11 is 0. The minimum Gasteiger partial charge on any atom is -0.493 e. The van der Waals surface area contributed by atoms with Crippen LogP contribution in [0.15, 0.2) is 36.4 Å². The largest absolute Gasteiger partial charge is 0.493 e. The molecule has 20 heavy (non-hydrogen) atoms. The van der Waals surface area contributed by atoms with Crippen LogP contribution in [0.2, 0.25) is 0 Å². The number of amidine groups is 1. The summed E-state index contributed by atoms with van der Waals surface area (Å²) in [6.07, 6.45) is 0. The first kappa shape index (κ1) is 13.9. The maximum Gasteiger partial charge on any atom is 0.169 e. The van der Waals surface area contributed by atoms with Crippen LogP contribution >= 0.6 is 0 Å². The molecule has 0 spiro atoms. The van der Waals surface area contributed by atoms with Crippen molar-refractivity contribution in [1.82, 2.24) is 0 Å². The van der Waals surface area contributed by atoms with Crippen molar-refractivity contribution in [3.05, 3.63) is 53.3 Å². The third kappa shape index (κ3) is 2.88. The number of aryl methyl sites for hydroxylation is 1. The minimum absolute atomic E-state index is 0.0529. The van der Waals surface area contributed by atoms with Gasteiger partial charge < -0.3 is 15.2 Å². The van der Waals surface area contributed by atoms with Crippen LogP contribution in [0.25, 0.3) is 0 Å². The Balaban J connectivity index is 2.33. The van der Waals surface area contributed by atoms with Crippen molar-refractivity contribution in [2.75, 3.05) is 7.11 Å². The lowest BCUT2D eigenvalue weighted by atomic mass is 10.2. The van der Waals surface area contributed by atoms with Crippen LogP contribution in [0.4, 0.5) is 4.39 Å². The Morgan fingerprint density at radius 2 is 1.80 bits per heavy atom. The molecule has 0 saturated heterocycles. The van der Waals surface area contributed by atoms with Crippen LogP contribution in [0, 0.1) is 18.2 Å². The lowest BCUT2D eigenvalue weighted by molar-refractivity contribution is 0.370. The molecule has 0 unspecified atom stereocenters. The van der Waals surface area contributed by atoms with Crippen LogP contribution < -0.4 is 15.2 Å². The van der Waals surface area contributed by atoms with Gasteiger partial charge in [0.2, 0.25) is 0 Å². The molecule has 0 atom stereocenters. The summed E-state index contributed by atoms with van der Waals surface area (Å²) in [4.78, 5) is 0. The predicted octanol–water partition coefficient (Wildman–Crippen LogP) is 3.22. The Labute approximate surface area is 116 Å².